The Kier molecular flexibility index (Phi) is 2.16. The summed E-state index contributed by atoms with van der Waals surface area (Å²) < 4.78 is 0. The lowest BCUT2D eigenvalue weighted by Gasteiger charge is -1.96. The fourth-order valence-corrected chi connectivity index (χ4v) is 2.03. The number of aryl methyl sites for hydroxylation is 1. The highest BCUT2D eigenvalue weighted by Crippen LogP contribution is 2.27. The van der Waals surface area contributed by atoms with E-state index in [2.05, 4.69) is 9.97 Å². The molecule has 1 aliphatic heterocycles. The molecule has 3 rings (SSSR count). The predicted molar refractivity (Wildman–Crippen MR) is 64.2 cm³/mol. The quantitative estimate of drug-likeness (QED) is 0.562. The van der Waals surface area contributed by atoms with Gasteiger partial charge in [-0.15, -0.1) is 0 Å². The largest absolute Gasteiger partial charge is 0.348 e. The van der Waals surface area contributed by atoms with Crippen molar-refractivity contribution < 1.29 is 10.1 Å². The van der Waals surface area contributed by atoms with Gasteiger partial charge in [-0.05, 0) is 19.1 Å². The number of hydrogen-bond donors (Lipinski definition) is 2. The molecule has 2 heterocycles. The van der Waals surface area contributed by atoms with Crippen LogP contribution in [0.2, 0.25) is 0 Å². The van der Waals surface area contributed by atoms with Gasteiger partial charge in [0.05, 0.1) is 29.4 Å². The Morgan fingerprint density at radius 1 is 1.41 bits per heavy atom. The number of rotatable bonds is 1. The zero-order valence-electron chi connectivity index (χ0n) is 9.40. The first-order chi connectivity index (χ1) is 8.24. The Balaban J connectivity index is 2.13. The summed E-state index contributed by atoms with van der Waals surface area (Å²) in [5.74, 6) is 0.0557. The van der Waals surface area contributed by atoms with Crippen molar-refractivity contribution >= 4 is 23.2 Å². The predicted octanol–water partition coefficient (Wildman–Crippen LogP) is 0.994. The minimum atomic E-state index is 0.0557. The van der Waals surface area contributed by atoms with Gasteiger partial charge in [0, 0.05) is 6.07 Å². The molecule has 0 radical (unpaired) electrons. The average Bonchev–Trinajstić information content (AvgIpc) is 2.90. The van der Waals surface area contributed by atoms with Gasteiger partial charge in [0.2, 0.25) is 0 Å². The van der Waals surface area contributed by atoms with Crippen LogP contribution in [0.3, 0.4) is 0 Å². The highest BCUT2D eigenvalue weighted by molar-refractivity contribution is 6.24. The van der Waals surface area contributed by atoms with Crippen LogP contribution in [0, 0.1) is 6.92 Å². The Morgan fingerprint density at radius 2 is 2.29 bits per heavy atom. The SMILES string of the molecule is Cc1ccc2c(c1)C(=Cc1cnc[nH]1)C(=O)[NH2+]2. The van der Waals surface area contributed by atoms with Gasteiger partial charge in [-0.25, -0.2) is 15.1 Å². The van der Waals surface area contributed by atoms with Crippen LogP contribution in [0.15, 0.2) is 30.7 Å². The van der Waals surface area contributed by atoms with E-state index in [9.17, 15) is 4.79 Å². The van der Waals surface area contributed by atoms with E-state index in [0.29, 0.717) is 0 Å². The summed E-state index contributed by atoms with van der Waals surface area (Å²) in [6.45, 7) is 2.02. The summed E-state index contributed by atoms with van der Waals surface area (Å²) in [7, 11) is 0. The third-order valence-corrected chi connectivity index (χ3v) is 2.87. The number of primary amides is 1. The molecule has 0 aliphatic carbocycles. The number of imidazole rings is 1. The smallest absolute Gasteiger partial charge is 0.345 e. The van der Waals surface area contributed by atoms with Crippen LogP contribution in [0.5, 0.6) is 0 Å². The van der Waals surface area contributed by atoms with Crippen LogP contribution < -0.4 is 5.32 Å². The van der Waals surface area contributed by atoms with Gasteiger partial charge in [0.15, 0.2) is 0 Å². The van der Waals surface area contributed by atoms with Gasteiger partial charge >= 0.3 is 5.91 Å². The summed E-state index contributed by atoms with van der Waals surface area (Å²) in [5.41, 5.74) is 4.72. The summed E-state index contributed by atoms with van der Waals surface area (Å²) in [4.78, 5) is 18.8. The molecule has 3 N–H and O–H groups in total. The molecule has 0 bridgehead atoms. The molecular weight excluding hydrogens is 214 g/mol. The number of hydrogen-bond acceptors (Lipinski definition) is 2. The number of quaternary nitrogens is 1. The van der Waals surface area contributed by atoms with E-state index in [4.69, 9.17) is 0 Å². The molecule has 4 heteroatoms. The van der Waals surface area contributed by atoms with Gasteiger partial charge in [-0.2, -0.15) is 0 Å². The summed E-state index contributed by atoms with van der Waals surface area (Å²) in [5, 5.41) is 1.68. The molecule has 1 aliphatic rings. The Bertz CT molecular complexity index is 612. The van der Waals surface area contributed by atoms with Crippen molar-refractivity contribution in [1.82, 2.24) is 9.97 Å². The Morgan fingerprint density at radius 3 is 3.06 bits per heavy atom. The van der Waals surface area contributed by atoms with Gasteiger partial charge in [-0.3, -0.25) is 0 Å². The van der Waals surface area contributed by atoms with E-state index in [0.717, 1.165) is 28.1 Å². The van der Waals surface area contributed by atoms with Crippen LogP contribution in [-0.4, -0.2) is 15.9 Å². The first kappa shape index (κ1) is 9.99. The van der Waals surface area contributed by atoms with Crippen molar-refractivity contribution in [1.29, 1.82) is 0 Å². The molecule has 1 aromatic heterocycles. The number of nitrogens with zero attached hydrogens (tertiary/aromatic N) is 1. The first-order valence-corrected chi connectivity index (χ1v) is 5.44. The molecule has 4 nitrogen and oxygen atoms in total. The molecule has 0 unspecified atom stereocenters. The second-order valence-electron chi connectivity index (χ2n) is 4.16. The number of nitrogens with one attached hydrogen (secondary N) is 1. The van der Waals surface area contributed by atoms with E-state index in [1.165, 1.54) is 0 Å². The Hall–Kier alpha value is -2.20. The minimum absolute atomic E-state index is 0.0557. The van der Waals surface area contributed by atoms with Crippen LogP contribution in [0.4, 0.5) is 5.69 Å². The van der Waals surface area contributed by atoms with E-state index in [-0.39, 0.29) is 5.91 Å². The lowest BCUT2D eigenvalue weighted by atomic mass is 10.0. The van der Waals surface area contributed by atoms with E-state index >= 15 is 0 Å². The molecule has 2 aromatic rings. The van der Waals surface area contributed by atoms with Crippen molar-refractivity contribution in [3.05, 3.63) is 47.5 Å². The molecule has 1 aromatic carbocycles. The molecule has 0 spiro atoms. The lowest BCUT2D eigenvalue weighted by Crippen LogP contribution is -2.79. The second kappa shape index (κ2) is 3.68. The number of benzene rings is 1. The highest BCUT2D eigenvalue weighted by Gasteiger charge is 2.29. The molecule has 0 saturated carbocycles. The second-order valence-corrected chi connectivity index (χ2v) is 4.16. The number of nitrogens with two attached hydrogens (primary N) is 1. The molecule has 0 fully saturated rings. The summed E-state index contributed by atoms with van der Waals surface area (Å²) in [6.07, 6.45) is 5.15. The highest BCUT2D eigenvalue weighted by atomic mass is 16.2. The van der Waals surface area contributed by atoms with Crippen LogP contribution in [0.25, 0.3) is 11.6 Å². The van der Waals surface area contributed by atoms with E-state index in [1.807, 2.05) is 31.2 Å². The van der Waals surface area contributed by atoms with Gasteiger partial charge < -0.3 is 4.98 Å². The molecular formula is C13H12N3O+. The van der Waals surface area contributed by atoms with Crippen molar-refractivity contribution in [2.75, 3.05) is 0 Å². The van der Waals surface area contributed by atoms with Crippen molar-refractivity contribution in [2.24, 2.45) is 0 Å². The zero-order chi connectivity index (χ0) is 11.8. The topological polar surface area (TPSA) is 62.4 Å². The number of aromatic nitrogens is 2. The zero-order valence-corrected chi connectivity index (χ0v) is 9.40. The maximum Gasteiger partial charge on any atom is 0.348 e. The maximum absolute atomic E-state index is 11.9. The molecule has 0 saturated heterocycles. The van der Waals surface area contributed by atoms with Gasteiger partial charge in [-0.1, -0.05) is 11.6 Å². The Labute approximate surface area is 98.4 Å². The van der Waals surface area contributed by atoms with Crippen molar-refractivity contribution in [3.63, 3.8) is 0 Å². The summed E-state index contributed by atoms with van der Waals surface area (Å²) in [6, 6.07) is 6.04. The summed E-state index contributed by atoms with van der Waals surface area (Å²) >= 11 is 0. The molecule has 84 valence electrons. The van der Waals surface area contributed by atoms with E-state index in [1.54, 1.807) is 17.8 Å². The van der Waals surface area contributed by atoms with Crippen LogP contribution in [-0.2, 0) is 4.79 Å². The fraction of sp³-hybridized carbons (Fsp3) is 0.0769. The molecule has 0 atom stereocenters. The maximum atomic E-state index is 11.9. The standard InChI is InChI=1S/C13H11N3O/c1-8-2-3-12-10(4-8)11(13(17)16-12)5-9-6-14-7-15-9/h2-7H,1H3,(H,14,15)(H,16,17)/p+1. The first-order valence-electron chi connectivity index (χ1n) is 5.44. The van der Waals surface area contributed by atoms with Crippen molar-refractivity contribution in [3.8, 4) is 0 Å². The monoisotopic (exact) mass is 226 g/mol. The van der Waals surface area contributed by atoms with Gasteiger partial charge in [0.1, 0.15) is 5.69 Å². The number of amides is 1. The third kappa shape index (κ3) is 1.68. The number of H-pyrrole nitrogens is 1. The normalized spacial score (nSPS) is 16.5. The fourth-order valence-electron chi connectivity index (χ4n) is 2.03. The van der Waals surface area contributed by atoms with Crippen LogP contribution in [0.1, 0.15) is 16.8 Å². The average molecular weight is 226 g/mol. The van der Waals surface area contributed by atoms with Crippen molar-refractivity contribution in [2.45, 2.75) is 6.92 Å². The number of carbonyl (C=O) groups is 1. The number of fused-ring (bicyclic) bond motifs is 1. The minimum Gasteiger partial charge on any atom is -0.345 e. The number of aromatic amines is 1. The van der Waals surface area contributed by atoms with Gasteiger partial charge in [0.25, 0.3) is 0 Å². The molecule has 17 heavy (non-hydrogen) atoms. The molecule has 1 amide bonds. The lowest BCUT2D eigenvalue weighted by molar-refractivity contribution is -0.472. The number of carbonyl (C=O) groups excluding carboxylic acids is 1. The third-order valence-electron chi connectivity index (χ3n) is 2.87. The van der Waals surface area contributed by atoms with E-state index < -0.39 is 0 Å². The van der Waals surface area contributed by atoms with Crippen LogP contribution >= 0.6 is 0 Å².